The van der Waals surface area contributed by atoms with Crippen molar-refractivity contribution >= 4 is 23.7 Å². The molecule has 0 N–H and O–H groups in total. The van der Waals surface area contributed by atoms with Gasteiger partial charge >= 0.3 is 12.3 Å². The van der Waals surface area contributed by atoms with Gasteiger partial charge in [-0.2, -0.15) is 0 Å². The zero-order valence-electron chi connectivity index (χ0n) is 16.8. The summed E-state index contributed by atoms with van der Waals surface area (Å²) >= 11 is 0. The number of carbonyl (C=O) groups excluding carboxylic acids is 2. The average Bonchev–Trinajstić information content (AvgIpc) is 2.76. The molecule has 0 aliphatic heterocycles. The van der Waals surface area contributed by atoms with Crippen LogP contribution in [0.3, 0.4) is 0 Å². The van der Waals surface area contributed by atoms with Crippen LogP contribution in [0.2, 0.25) is 0 Å². The fourth-order valence-corrected chi connectivity index (χ4v) is 2.39. The number of unbranched alkanes of at least 4 members (excludes halogenated alkanes) is 3. The number of hydrogen-bond acceptors (Lipinski definition) is 10. The molecule has 170 valence electrons. The van der Waals surface area contributed by atoms with Crippen LogP contribution < -0.4 is 9.47 Å². The summed E-state index contributed by atoms with van der Waals surface area (Å²) in [5.74, 6) is 0.275. The molecule has 2 aromatic rings. The molecule has 0 aliphatic rings. The summed E-state index contributed by atoms with van der Waals surface area (Å²) in [7, 11) is 0. The summed E-state index contributed by atoms with van der Waals surface area (Å²) in [6.07, 6.45) is 0.759. The lowest BCUT2D eigenvalue weighted by atomic mass is 10.2. The maximum Gasteiger partial charge on any atom is 0.513 e. The maximum atomic E-state index is 11.6. The molecule has 32 heavy (non-hydrogen) atoms. The van der Waals surface area contributed by atoms with Gasteiger partial charge in [-0.1, -0.05) is 0 Å². The minimum Gasteiger partial charge on any atom is -0.434 e. The number of ether oxygens (including phenoxy) is 4. The first-order chi connectivity index (χ1) is 15.3. The molecule has 0 heterocycles. The molecule has 0 atom stereocenters. The van der Waals surface area contributed by atoms with E-state index in [1.165, 1.54) is 48.5 Å². The molecule has 0 unspecified atom stereocenters. The first-order valence-corrected chi connectivity index (χ1v) is 9.53. The van der Waals surface area contributed by atoms with Crippen molar-refractivity contribution in [2.75, 3.05) is 13.2 Å². The number of nitro benzene ring substituents is 2. The van der Waals surface area contributed by atoms with Crippen molar-refractivity contribution in [1.82, 2.24) is 0 Å². The largest absolute Gasteiger partial charge is 0.513 e. The topological polar surface area (TPSA) is 157 Å². The van der Waals surface area contributed by atoms with Gasteiger partial charge in [0, 0.05) is 24.3 Å². The Kier molecular flexibility index (Phi) is 9.37. The lowest BCUT2D eigenvalue weighted by molar-refractivity contribution is -0.385. The molecular weight excluding hydrogens is 428 g/mol. The van der Waals surface area contributed by atoms with Crippen LogP contribution in [-0.4, -0.2) is 35.4 Å². The first-order valence-electron chi connectivity index (χ1n) is 9.53. The van der Waals surface area contributed by atoms with Crippen LogP contribution >= 0.6 is 0 Å². The van der Waals surface area contributed by atoms with E-state index in [9.17, 15) is 29.8 Å². The Morgan fingerprint density at radius 2 is 0.969 bits per heavy atom. The van der Waals surface area contributed by atoms with Gasteiger partial charge in [0.25, 0.3) is 11.4 Å². The third-order valence-corrected chi connectivity index (χ3v) is 3.98. The molecule has 0 saturated carbocycles. The van der Waals surface area contributed by atoms with Crippen LogP contribution in [0.1, 0.15) is 25.7 Å². The summed E-state index contributed by atoms with van der Waals surface area (Å²) in [6, 6.07) is 10.0. The normalized spacial score (nSPS) is 10.1. The van der Waals surface area contributed by atoms with E-state index in [2.05, 4.69) is 0 Å². The number of carbonyl (C=O) groups is 2. The van der Waals surface area contributed by atoms with Gasteiger partial charge in [-0.25, -0.2) is 9.59 Å². The van der Waals surface area contributed by atoms with Crippen molar-refractivity contribution in [2.24, 2.45) is 0 Å². The maximum absolute atomic E-state index is 11.6. The van der Waals surface area contributed by atoms with Crippen molar-refractivity contribution in [3.8, 4) is 11.5 Å². The Hall–Kier alpha value is -4.22. The highest BCUT2D eigenvalue weighted by Crippen LogP contribution is 2.18. The standard InChI is InChI=1S/C20H20N2O10/c23-19(31-17-9-5-15(6-10-17)21(25)26)29-13-3-1-2-4-14-30-20(24)32-18-11-7-16(8-12-18)22(27)28/h5-12H,1-4,13-14H2. The van der Waals surface area contributed by atoms with E-state index < -0.39 is 22.2 Å². The highest BCUT2D eigenvalue weighted by Gasteiger charge is 2.10. The van der Waals surface area contributed by atoms with Crippen LogP contribution in [-0.2, 0) is 9.47 Å². The number of nitrogens with zero attached hydrogens (tertiary/aromatic N) is 2. The molecule has 0 amide bonds. The third-order valence-electron chi connectivity index (χ3n) is 3.98. The fourth-order valence-electron chi connectivity index (χ4n) is 2.39. The molecule has 12 heteroatoms. The number of rotatable bonds is 11. The molecule has 0 spiro atoms. The highest BCUT2D eigenvalue weighted by molar-refractivity contribution is 5.64. The summed E-state index contributed by atoms with van der Waals surface area (Å²) in [4.78, 5) is 43.1. The molecule has 0 aliphatic carbocycles. The molecule has 2 aromatic carbocycles. The highest BCUT2D eigenvalue weighted by atomic mass is 16.7. The second-order valence-electron chi connectivity index (χ2n) is 6.32. The molecule has 0 aromatic heterocycles. The van der Waals surface area contributed by atoms with Crippen molar-refractivity contribution in [3.63, 3.8) is 0 Å². The number of hydrogen-bond donors (Lipinski definition) is 0. The number of nitro groups is 2. The Morgan fingerprint density at radius 1 is 0.625 bits per heavy atom. The second-order valence-corrected chi connectivity index (χ2v) is 6.32. The zero-order valence-corrected chi connectivity index (χ0v) is 16.8. The lowest BCUT2D eigenvalue weighted by Gasteiger charge is -2.07. The Morgan fingerprint density at radius 3 is 1.28 bits per heavy atom. The lowest BCUT2D eigenvalue weighted by Crippen LogP contribution is -2.12. The van der Waals surface area contributed by atoms with Crippen LogP contribution in [0.4, 0.5) is 21.0 Å². The molecule has 0 fully saturated rings. The average molecular weight is 448 g/mol. The smallest absolute Gasteiger partial charge is 0.434 e. The van der Waals surface area contributed by atoms with E-state index in [0.29, 0.717) is 25.7 Å². The summed E-state index contributed by atoms with van der Waals surface area (Å²) in [5, 5.41) is 21.1. The van der Waals surface area contributed by atoms with Crippen molar-refractivity contribution in [1.29, 1.82) is 0 Å². The molecule has 12 nitrogen and oxygen atoms in total. The molecule has 0 saturated heterocycles. The van der Waals surface area contributed by atoms with Gasteiger partial charge in [-0.15, -0.1) is 0 Å². The van der Waals surface area contributed by atoms with Crippen LogP contribution in [0, 0.1) is 20.2 Å². The van der Waals surface area contributed by atoms with Gasteiger partial charge in [0.1, 0.15) is 11.5 Å². The van der Waals surface area contributed by atoms with Gasteiger partial charge < -0.3 is 18.9 Å². The van der Waals surface area contributed by atoms with Gasteiger partial charge in [-0.3, -0.25) is 20.2 Å². The zero-order chi connectivity index (χ0) is 23.3. The molecule has 0 bridgehead atoms. The molecule has 2 rings (SSSR count). The monoisotopic (exact) mass is 448 g/mol. The van der Waals surface area contributed by atoms with Crippen molar-refractivity contribution in [3.05, 3.63) is 68.8 Å². The predicted molar refractivity (Wildman–Crippen MR) is 109 cm³/mol. The van der Waals surface area contributed by atoms with E-state index in [0.717, 1.165) is 0 Å². The van der Waals surface area contributed by atoms with Crippen LogP contribution in [0.15, 0.2) is 48.5 Å². The summed E-state index contributed by atoms with van der Waals surface area (Å²) in [6.45, 7) is 0.268. The van der Waals surface area contributed by atoms with Crippen LogP contribution in [0.25, 0.3) is 0 Å². The predicted octanol–water partition coefficient (Wildman–Crippen LogP) is 4.79. The summed E-state index contributed by atoms with van der Waals surface area (Å²) < 4.78 is 19.6. The first kappa shape index (κ1) is 24.1. The van der Waals surface area contributed by atoms with Gasteiger partial charge in [0.15, 0.2) is 0 Å². The minimum absolute atomic E-state index is 0.116. The SMILES string of the molecule is O=C(OCCCCCCOC(=O)Oc1ccc([N+](=O)[O-])cc1)Oc1ccc([N+](=O)[O-])cc1. The number of non-ortho nitro benzene ring substituents is 2. The Balaban J connectivity index is 1.50. The van der Waals surface area contributed by atoms with Gasteiger partial charge in [0.2, 0.25) is 0 Å². The van der Waals surface area contributed by atoms with Gasteiger partial charge in [-0.05, 0) is 49.9 Å². The van der Waals surface area contributed by atoms with Crippen LogP contribution in [0.5, 0.6) is 11.5 Å². The van der Waals surface area contributed by atoms with Gasteiger partial charge in [0.05, 0.1) is 23.1 Å². The van der Waals surface area contributed by atoms with Crippen molar-refractivity contribution < 1.29 is 38.4 Å². The van der Waals surface area contributed by atoms with E-state index in [1.54, 1.807) is 0 Å². The quantitative estimate of drug-likeness (QED) is 0.154. The Bertz CT molecular complexity index is 851. The van der Waals surface area contributed by atoms with E-state index in [1.807, 2.05) is 0 Å². The van der Waals surface area contributed by atoms with Crippen molar-refractivity contribution in [2.45, 2.75) is 25.7 Å². The van der Waals surface area contributed by atoms with E-state index in [4.69, 9.17) is 18.9 Å². The number of benzene rings is 2. The minimum atomic E-state index is -0.906. The third kappa shape index (κ3) is 8.65. The Labute approximate surface area is 181 Å². The molecular formula is C20H20N2O10. The molecule has 0 radical (unpaired) electrons. The van der Waals surface area contributed by atoms with E-state index in [-0.39, 0.29) is 36.1 Å². The summed E-state index contributed by atoms with van der Waals surface area (Å²) in [5.41, 5.74) is -0.233. The fraction of sp³-hybridized carbons (Fsp3) is 0.300. The van der Waals surface area contributed by atoms with E-state index >= 15 is 0 Å². The second kappa shape index (κ2) is 12.5.